The van der Waals surface area contributed by atoms with Crippen molar-refractivity contribution in [3.05, 3.63) is 76.8 Å². The normalized spacial score (nSPS) is 10.4. The summed E-state index contributed by atoms with van der Waals surface area (Å²) < 4.78 is 36.1. The van der Waals surface area contributed by atoms with Gasteiger partial charge in [0.15, 0.2) is 11.5 Å². The van der Waals surface area contributed by atoms with Gasteiger partial charge in [-0.25, -0.2) is 12.7 Å². The highest BCUT2D eigenvalue weighted by Gasteiger charge is 2.16. The maximum absolute atomic E-state index is 12.0. The van der Waals surface area contributed by atoms with Crippen LogP contribution in [0.1, 0.15) is 11.1 Å². The number of ether oxygens (including phenoxy) is 2. The first-order chi connectivity index (χ1) is 15.3. The zero-order valence-electron chi connectivity index (χ0n) is 16.8. The molecule has 0 aliphatic rings. The fourth-order valence-electron chi connectivity index (χ4n) is 2.96. The smallest absolute Gasteiger partial charge is 0.229 e. The molecule has 0 saturated heterocycles. The van der Waals surface area contributed by atoms with Crippen LogP contribution in [-0.4, -0.2) is 21.4 Å². The summed E-state index contributed by atoms with van der Waals surface area (Å²) in [6.07, 6.45) is 0.0442. The molecule has 3 aromatic rings. The molecule has 0 unspecified atom stereocenters. The van der Waals surface area contributed by atoms with Crippen molar-refractivity contribution in [1.82, 2.24) is 0 Å². The topological polar surface area (TPSA) is 123 Å². The Morgan fingerprint density at radius 3 is 2.28 bits per heavy atom. The predicted molar refractivity (Wildman–Crippen MR) is 121 cm³/mol. The molecule has 8 nitrogen and oxygen atoms in total. The maximum atomic E-state index is 12.0. The minimum atomic E-state index is -3.07. The van der Waals surface area contributed by atoms with E-state index >= 15 is 0 Å². The van der Waals surface area contributed by atoms with Crippen molar-refractivity contribution in [2.45, 2.75) is 6.42 Å². The third-order valence-corrected chi connectivity index (χ3v) is 5.42. The highest BCUT2D eigenvalue weighted by molar-refractivity contribution is 7.74. The Kier molecular flexibility index (Phi) is 7.20. The molecule has 0 fully saturated rings. The zero-order chi connectivity index (χ0) is 23.3. The van der Waals surface area contributed by atoms with Gasteiger partial charge in [0, 0.05) is 11.1 Å². The molecule has 0 aromatic heterocycles. The van der Waals surface area contributed by atoms with Gasteiger partial charge in [-0.15, -0.1) is 0 Å². The molecule has 0 spiro atoms. The summed E-state index contributed by atoms with van der Waals surface area (Å²) in [5.74, 6) is 0.453. The van der Waals surface area contributed by atoms with Crippen LogP contribution in [-0.2, 0) is 22.1 Å². The average Bonchev–Trinajstić information content (AvgIpc) is 2.76. The minimum absolute atomic E-state index is 0.0442. The number of nitrogens with two attached hydrogens (primary N) is 1. The highest BCUT2D eigenvalue weighted by Crippen LogP contribution is 2.37. The zero-order valence-corrected chi connectivity index (χ0v) is 18.5. The summed E-state index contributed by atoms with van der Waals surface area (Å²) in [5, 5.41) is 10.1. The molecule has 32 heavy (non-hydrogen) atoms. The van der Waals surface area contributed by atoms with Crippen molar-refractivity contribution in [2.75, 3.05) is 11.4 Å². The van der Waals surface area contributed by atoms with E-state index in [1.807, 2.05) is 6.07 Å². The van der Waals surface area contributed by atoms with Gasteiger partial charge in [0.05, 0.1) is 30.5 Å². The fourth-order valence-corrected chi connectivity index (χ4v) is 3.76. The van der Waals surface area contributed by atoms with Crippen molar-refractivity contribution >= 4 is 39.8 Å². The van der Waals surface area contributed by atoms with E-state index in [9.17, 15) is 18.5 Å². The van der Waals surface area contributed by atoms with Gasteiger partial charge in [-0.3, -0.25) is 4.79 Å². The monoisotopic (exact) mass is 471 g/mol. The molecule has 10 heteroatoms. The minimum Gasteiger partial charge on any atom is -0.493 e. The summed E-state index contributed by atoms with van der Waals surface area (Å²) in [7, 11) is -1.61. The lowest BCUT2D eigenvalue weighted by Crippen LogP contribution is -2.16. The molecule has 0 saturated carbocycles. The molecule has 3 rings (SSSR count). The number of carbonyl (C=O) groups is 1. The Bertz CT molecular complexity index is 1260. The van der Waals surface area contributed by atoms with Crippen molar-refractivity contribution < 1.29 is 22.7 Å². The number of anilines is 2. The van der Waals surface area contributed by atoms with Gasteiger partial charge in [-0.05, 0) is 48.0 Å². The van der Waals surface area contributed by atoms with Gasteiger partial charge in [0.25, 0.3) is 0 Å². The van der Waals surface area contributed by atoms with E-state index in [1.165, 1.54) is 25.3 Å². The number of hydrogen-bond donors (Lipinski definition) is 2. The lowest BCUT2D eigenvalue weighted by molar-refractivity contribution is -0.117. The number of nitriles is 1. The second-order valence-electron chi connectivity index (χ2n) is 6.55. The lowest BCUT2D eigenvalue weighted by Gasteiger charge is -2.19. The van der Waals surface area contributed by atoms with Gasteiger partial charge in [-0.1, -0.05) is 23.7 Å². The van der Waals surface area contributed by atoms with Crippen molar-refractivity contribution in [2.24, 2.45) is 5.73 Å². The Hall–Kier alpha value is -3.74. The van der Waals surface area contributed by atoms with E-state index in [2.05, 4.69) is 0 Å². The average molecular weight is 472 g/mol. The number of thiol groups is 1. The van der Waals surface area contributed by atoms with E-state index in [1.54, 1.807) is 42.5 Å². The molecule has 0 aliphatic carbocycles. The van der Waals surface area contributed by atoms with Crippen LogP contribution in [0.25, 0.3) is 0 Å². The maximum Gasteiger partial charge on any atom is 0.229 e. The predicted octanol–water partition coefficient (Wildman–Crippen LogP) is 3.70. The van der Waals surface area contributed by atoms with Gasteiger partial charge in [0.1, 0.15) is 11.8 Å². The van der Waals surface area contributed by atoms with Crippen LogP contribution >= 0.6 is 11.6 Å². The molecule has 0 radical (unpaired) electrons. The Morgan fingerprint density at radius 1 is 1.03 bits per heavy atom. The third-order valence-electron chi connectivity index (χ3n) is 4.40. The molecule has 0 heterocycles. The number of hydrogen-bond acceptors (Lipinski definition) is 6. The molecule has 0 bridgehead atoms. The molecule has 2 N–H and O–H groups in total. The SMILES string of the molecule is COc1cc(Cl)ccc1Oc1ccc(N(c2ccc(CC(N)=O)cc2)[SH](=O)=O)cc1C#N. The van der Waals surface area contributed by atoms with Crippen LogP contribution < -0.4 is 19.5 Å². The second-order valence-corrected chi connectivity index (χ2v) is 7.86. The van der Waals surface area contributed by atoms with Gasteiger partial charge in [0.2, 0.25) is 16.8 Å². The summed E-state index contributed by atoms with van der Waals surface area (Å²) in [6.45, 7) is 0. The number of methoxy groups -OCH3 is 1. The lowest BCUT2D eigenvalue weighted by atomic mass is 10.1. The van der Waals surface area contributed by atoms with E-state index < -0.39 is 16.8 Å². The van der Waals surface area contributed by atoms with E-state index in [4.69, 9.17) is 26.8 Å². The van der Waals surface area contributed by atoms with E-state index in [0.29, 0.717) is 27.8 Å². The first-order valence-corrected chi connectivity index (χ1v) is 10.7. The number of nitrogens with zero attached hydrogens (tertiary/aromatic N) is 2. The summed E-state index contributed by atoms with van der Waals surface area (Å²) in [6, 6.07) is 17.6. The third kappa shape index (κ3) is 5.29. The molecular weight excluding hydrogens is 454 g/mol. The number of carbonyl (C=O) groups excluding carboxylic acids is 1. The van der Waals surface area contributed by atoms with Crippen LogP contribution in [0.3, 0.4) is 0 Å². The van der Waals surface area contributed by atoms with E-state index in [0.717, 1.165) is 4.31 Å². The highest BCUT2D eigenvalue weighted by atomic mass is 35.5. The fraction of sp³-hybridized carbons (Fsp3) is 0.0909. The van der Waals surface area contributed by atoms with Gasteiger partial charge >= 0.3 is 0 Å². The van der Waals surface area contributed by atoms with Crippen molar-refractivity contribution in [1.29, 1.82) is 5.26 Å². The Labute approximate surface area is 191 Å². The Morgan fingerprint density at radius 2 is 1.69 bits per heavy atom. The number of halogens is 1. The first-order valence-electron chi connectivity index (χ1n) is 9.19. The van der Waals surface area contributed by atoms with Crippen LogP contribution in [0.2, 0.25) is 5.02 Å². The molecule has 0 aliphatic heterocycles. The standard InChI is InChI=1S/C22H18ClN3O5S/c1-30-21-12-16(23)4-8-20(21)31-19-9-7-18(11-15(19)13-24)26(32(28)29)17-5-2-14(3-6-17)10-22(25)27/h2-9,11-12,32H,10H2,1H3,(H2,25,27). The molecule has 3 aromatic carbocycles. The Balaban J connectivity index is 1.95. The molecular formula is C22H18ClN3O5S. The number of benzene rings is 3. The summed E-state index contributed by atoms with van der Waals surface area (Å²) in [5.41, 5.74) is 6.54. The largest absolute Gasteiger partial charge is 0.493 e. The quantitative estimate of drug-likeness (QED) is 0.483. The molecule has 1 amide bonds. The van der Waals surface area contributed by atoms with Crippen LogP contribution in [0.15, 0.2) is 60.7 Å². The summed E-state index contributed by atoms with van der Waals surface area (Å²) in [4.78, 5) is 11.1. The van der Waals surface area contributed by atoms with Crippen molar-refractivity contribution in [3.63, 3.8) is 0 Å². The second kappa shape index (κ2) is 10.0. The first kappa shape index (κ1) is 22.9. The molecule has 164 valence electrons. The van der Waals surface area contributed by atoms with E-state index in [-0.39, 0.29) is 23.4 Å². The number of rotatable bonds is 8. The molecule has 0 atom stereocenters. The summed E-state index contributed by atoms with van der Waals surface area (Å²) >= 11 is 5.96. The van der Waals surface area contributed by atoms with Gasteiger partial charge < -0.3 is 15.2 Å². The van der Waals surface area contributed by atoms with Crippen LogP contribution in [0, 0.1) is 11.3 Å². The number of primary amides is 1. The van der Waals surface area contributed by atoms with Crippen LogP contribution in [0.5, 0.6) is 17.2 Å². The number of amides is 1. The van der Waals surface area contributed by atoms with Crippen LogP contribution in [0.4, 0.5) is 11.4 Å². The van der Waals surface area contributed by atoms with Crippen molar-refractivity contribution in [3.8, 4) is 23.3 Å². The van der Waals surface area contributed by atoms with Gasteiger partial charge in [-0.2, -0.15) is 5.26 Å².